The van der Waals surface area contributed by atoms with Crippen molar-refractivity contribution in [2.24, 2.45) is 0 Å². The lowest BCUT2D eigenvalue weighted by molar-refractivity contribution is 0.0245. The average molecular weight is 295 g/mol. The van der Waals surface area contributed by atoms with Crippen LogP contribution < -0.4 is 14.8 Å². The second kappa shape index (κ2) is 8.87. The number of benzene rings is 1. The Bertz CT molecular complexity index is 419. The summed E-state index contributed by atoms with van der Waals surface area (Å²) in [6.07, 6.45) is 2.07. The number of ether oxygens (including phenoxy) is 4. The minimum atomic E-state index is 0.212. The van der Waals surface area contributed by atoms with E-state index in [1.807, 2.05) is 12.1 Å². The molecule has 0 unspecified atom stereocenters. The summed E-state index contributed by atoms with van der Waals surface area (Å²) < 4.78 is 21.9. The van der Waals surface area contributed by atoms with Crippen molar-refractivity contribution in [2.45, 2.75) is 25.5 Å². The molecule has 0 saturated carbocycles. The Hall–Kier alpha value is -1.30. The predicted molar refractivity (Wildman–Crippen MR) is 81.0 cm³/mol. The van der Waals surface area contributed by atoms with E-state index in [2.05, 4.69) is 11.4 Å². The van der Waals surface area contributed by atoms with Gasteiger partial charge >= 0.3 is 0 Å². The molecule has 1 aliphatic heterocycles. The van der Waals surface area contributed by atoms with Crippen molar-refractivity contribution in [3.63, 3.8) is 0 Å². The van der Waals surface area contributed by atoms with Crippen molar-refractivity contribution in [1.82, 2.24) is 5.32 Å². The van der Waals surface area contributed by atoms with Gasteiger partial charge in [-0.25, -0.2) is 0 Å². The molecule has 1 fully saturated rings. The minimum Gasteiger partial charge on any atom is -0.493 e. The second-order valence-electron chi connectivity index (χ2n) is 5.08. The summed E-state index contributed by atoms with van der Waals surface area (Å²) >= 11 is 0. The van der Waals surface area contributed by atoms with E-state index in [0.29, 0.717) is 6.61 Å². The van der Waals surface area contributed by atoms with Gasteiger partial charge in [0.15, 0.2) is 11.5 Å². The number of nitrogens with one attached hydrogen (secondary N) is 1. The minimum absolute atomic E-state index is 0.212. The van der Waals surface area contributed by atoms with Gasteiger partial charge in [-0.1, -0.05) is 6.07 Å². The van der Waals surface area contributed by atoms with Crippen LogP contribution in [-0.4, -0.2) is 46.7 Å². The fourth-order valence-corrected chi connectivity index (χ4v) is 2.30. The highest BCUT2D eigenvalue weighted by Gasteiger charge is 2.17. The molecule has 5 nitrogen and oxygen atoms in total. The molecule has 1 N–H and O–H groups in total. The fourth-order valence-electron chi connectivity index (χ4n) is 2.30. The topological polar surface area (TPSA) is 49.0 Å². The Balaban J connectivity index is 1.95. The normalized spacial score (nSPS) is 15.9. The summed E-state index contributed by atoms with van der Waals surface area (Å²) in [5.74, 6) is 1.59. The Morgan fingerprint density at radius 2 is 2.00 bits per heavy atom. The van der Waals surface area contributed by atoms with Crippen LogP contribution in [0.1, 0.15) is 18.4 Å². The quantitative estimate of drug-likeness (QED) is 0.743. The molecule has 0 atom stereocenters. The van der Waals surface area contributed by atoms with Crippen molar-refractivity contribution in [3.8, 4) is 11.5 Å². The molecule has 5 heteroatoms. The van der Waals surface area contributed by atoms with E-state index in [4.69, 9.17) is 18.9 Å². The highest BCUT2D eigenvalue weighted by atomic mass is 16.5. The summed E-state index contributed by atoms with van der Waals surface area (Å²) in [5, 5.41) is 3.33. The first kappa shape index (κ1) is 16.1. The molecule has 1 saturated heterocycles. The smallest absolute Gasteiger partial charge is 0.161 e. The molecule has 118 valence electrons. The van der Waals surface area contributed by atoms with Gasteiger partial charge in [0.05, 0.1) is 26.9 Å². The van der Waals surface area contributed by atoms with Gasteiger partial charge < -0.3 is 24.3 Å². The summed E-state index contributed by atoms with van der Waals surface area (Å²) in [4.78, 5) is 0. The zero-order valence-corrected chi connectivity index (χ0v) is 12.9. The molecule has 0 amide bonds. The fraction of sp³-hybridized carbons (Fsp3) is 0.625. The molecule has 1 aliphatic rings. The van der Waals surface area contributed by atoms with Crippen LogP contribution >= 0.6 is 0 Å². The zero-order chi connectivity index (χ0) is 14.9. The van der Waals surface area contributed by atoms with Crippen LogP contribution in [0.5, 0.6) is 11.5 Å². The third-order valence-corrected chi connectivity index (χ3v) is 3.50. The maximum Gasteiger partial charge on any atom is 0.161 e. The van der Waals surface area contributed by atoms with E-state index >= 15 is 0 Å². The van der Waals surface area contributed by atoms with Gasteiger partial charge in [-0.3, -0.25) is 0 Å². The third-order valence-electron chi connectivity index (χ3n) is 3.50. The van der Waals surface area contributed by atoms with Crippen LogP contribution in [0.2, 0.25) is 0 Å². The third kappa shape index (κ3) is 5.19. The van der Waals surface area contributed by atoms with E-state index in [0.717, 1.165) is 50.6 Å². The van der Waals surface area contributed by atoms with Crippen molar-refractivity contribution in [3.05, 3.63) is 23.8 Å². The summed E-state index contributed by atoms with van der Waals surface area (Å²) in [5.41, 5.74) is 1.17. The van der Waals surface area contributed by atoms with Gasteiger partial charge in [-0.2, -0.15) is 0 Å². The SMILES string of the molecule is COCCNCc1ccc(OC)c(OC2CCOCC2)c1. The second-order valence-corrected chi connectivity index (χ2v) is 5.08. The first-order valence-electron chi connectivity index (χ1n) is 7.44. The standard InChI is InChI=1S/C16H25NO4/c1-18-10-7-17-12-13-3-4-15(19-2)16(11-13)21-14-5-8-20-9-6-14/h3-4,11,14,17H,5-10,12H2,1-2H3. The Morgan fingerprint density at radius 1 is 1.19 bits per heavy atom. The van der Waals surface area contributed by atoms with Gasteiger partial charge in [0.25, 0.3) is 0 Å². The molecule has 0 aromatic heterocycles. The van der Waals surface area contributed by atoms with Crippen molar-refractivity contribution >= 4 is 0 Å². The molecule has 1 aromatic rings. The lowest BCUT2D eigenvalue weighted by Crippen LogP contribution is -2.26. The largest absolute Gasteiger partial charge is 0.493 e. The van der Waals surface area contributed by atoms with Crippen molar-refractivity contribution in [1.29, 1.82) is 0 Å². The molecule has 2 rings (SSSR count). The Morgan fingerprint density at radius 3 is 2.71 bits per heavy atom. The average Bonchev–Trinajstić information content (AvgIpc) is 2.53. The molecule has 1 aromatic carbocycles. The summed E-state index contributed by atoms with van der Waals surface area (Å²) in [7, 11) is 3.37. The van der Waals surface area contributed by atoms with E-state index in [1.165, 1.54) is 5.56 Å². The number of hydrogen-bond donors (Lipinski definition) is 1. The first-order chi connectivity index (χ1) is 10.3. The summed E-state index contributed by atoms with van der Waals surface area (Å²) in [6, 6.07) is 6.06. The van der Waals surface area contributed by atoms with Crippen LogP contribution in [0.25, 0.3) is 0 Å². The Labute approximate surface area is 126 Å². The molecule has 0 aliphatic carbocycles. The number of methoxy groups -OCH3 is 2. The van der Waals surface area contributed by atoms with Crippen LogP contribution in [0.3, 0.4) is 0 Å². The van der Waals surface area contributed by atoms with Crippen LogP contribution in [0.15, 0.2) is 18.2 Å². The number of rotatable bonds is 8. The molecule has 0 spiro atoms. The monoisotopic (exact) mass is 295 g/mol. The molecule has 0 radical (unpaired) electrons. The van der Waals surface area contributed by atoms with Gasteiger partial charge in [0, 0.05) is 33.0 Å². The molecule has 1 heterocycles. The van der Waals surface area contributed by atoms with Crippen LogP contribution in [0, 0.1) is 0 Å². The highest BCUT2D eigenvalue weighted by Crippen LogP contribution is 2.30. The Kier molecular flexibility index (Phi) is 6.79. The lowest BCUT2D eigenvalue weighted by atomic mass is 10.1. The van der Waals surface area contributed by atoms with Crippen LogP contribution in [-0.2, 0) is 16.0 Å². The highest BCUT2D eigenvalue weighted by molar-refractivity contribution is 5.43. The summed E-state index contributed by atoms with van der Waals surface area (Å²) in [6.45, 7) is 3.87. The predicted octanol–water partition coefficient (Wildman–Crippen LogP) is 1.99. The maximum absolute atomic E-state index is 6.09. The van der Waals surface area contributed by atoms with Crippen molar-refractivity contribution in [2.75, 3.05) is 40.6 Å². The van der Waals surface area contributed by atoms with E-state index in [-0.39, 0.29) is 6.10 Å². The van der Waals surface area contributed by atoms with Crippen LogP contribution in [0.4, 0.5) is 0 Å². The van der Waals surface area contributed by atoms with E-state index < -0.39 is 0 Å². The molecular formula is C16H25NO4. The maximum atomic E-state index is 6.09. The zero-order valence-electron chi connectivity index (χ0n) is 12.9. The van der Waals surface area contributed by atoms with E-state index in [9.17, 15) is 0 Å². The van der Waals surface area contributed by atoms with Gasteiger partial charge in [-0.05, 0) is 17.7 Å². The van der Waals surface area contributed by atoms with Gasteiger partial charge in [0.1, 0.15) is 6.10 Å². The molecular weight excluding hydrogens is 270 g/mol. The lowest BCUT2D eigenvalue weighted by Gasteiger charge is -2.24. The van der Waals surface area contributed by atoms with Gasteiger partial charge in [-0.15, -0.1) is 0 Å². The molecule has 21 heavy (non-hydrogen) atoms. The molecule has 0 bridgehead atoms. The van der Waals surface area contributed by atoms with Crippen molar-refractivity contribution < 1.29 is 18.9 Å². The van der Waals surface area contributed by atoms with Gasteiger partial charge in [0.2, 0.25) is 0 Å². The number of hydrogen-bond acceptors (Lipinski definition) is 5. The first-order valence-corrected chi connectivity index (χ1v) is 7.44. The van der Waals surface area contributed by atoms with E-state index in [1.54, 1.807) is 14.2 Å².